The molecule has 0 unspecified atom stereocenters. The summed E-state index contributed by atoms with van der Waals surface area (Å²) in [5.41, 5.74) is 3.28. The van der Waals surface area contributed by atoms with Gasteiger partial charge in [-0.2, -0.15) is 0 Å². The molecule has 19 heavy (non-hydrogen) atoms. The van der Waals surface area contributed by atoms with Gasteiger partial charge in [-0.25, -0.2) is 13.6 Å². The highest BCUT2D eigenvalue weighted by Crippen LogP contribution is 2.33. The zero-order valence-electron chi connectivity index (χ0n) is 9.87. The number of nitrogens with zero attached hydrogens (tertiary/aromatic N) is 1. The van der Waals surface area contributed by atoms with Crippen molar-refractivity contribution in [2.45, 2.75) is 4.90 Å². The largest absolute Gasteiger partial charge is 0.362 e. The maximum atomic E-state index is 11.4. The van der Waals surface area contributed by atoms with Gasteiger partial charge in [-0.15, -0.1) is 0 Å². The molecule has 1 aromatic carbocycles. The van der Waals surface area contributed by atoms with Crippen molar-refractivity contribution in [1.82, 2.24) is 4.98 Å². The van der Waals surface area contributed by atoms with Gasteiger partial charge < -0.3 is 4.98 Å². The van der Waals surface area contributed by atoms with Gasteiger partial charge in [0, 0.05) is 29.2 Å². The molecule has 2 heterocycles. The molecule has 6 heteroatoms. The van der Waals surface area contributed by atoms with E-state index in [1.807, 2.05) is 24.4 Å². The SMILES string of the molecule is NS(=O)(=O)c1ccc2c(c1)C(=Cc1ccc[nH]1)C=N2. The van der Waals surface area contributed by atoms with E-state index in [1.54, 1.807) is 18.3 Å². The number of rotatable bonds is 2. The van der Waals surface area contributed by atoms with Crippen molar-refractivity contribution in [3.05, 3.63) is 47.8 Å². The minimum atomic E-state index is -3.70. The van der Waals surface area contributed by atoms with Gasteiger partial charge in [0.2, 0.25) is 10.0 Å². The molecule has 0 amide bonds. The number of allylic oxidation sites excluding steroid dienone is 1. The zero-order chi connectivity index (χ0) is 13.5. The second-order valence-electron chi connectivity index (χ2n) is 4.21. The summed E-state index contributed by atoms with van der Waals surface area (Å²) in [6.45, 7) is 0. The first-order valence-electron chi connectivity index (χ1n) is 5.60. The highest BCUT2D eigenvalue weighted by molar-refractivity contribution is 7.89. The Labute approximate surface area is 110 Å². The average molecular weight is 273 g/mol. The standard InChI is InChI=1S/C13H11N3O2S/c14-19(17,18)11-3-4-13-12(7-11)9(8-16-13)6-10-2-1-5-15-10/h1-8,15H,(H2,14,17,18). The maximum Gasteiger partial charge on any atom is 0.238 e. The van der Waals surface area contributed by atoms with Crippen LogP contribution >= 0.6 is 0 Å². The Morgan fingerprint density at radius 1 is 1.26 bits per heavy atom. The summed E-state index contributed by atoms with van der Waals surface area (Å²) < 4.78 is 22.7. The van der Waals surface area contributed by atoms with E-state index in [0.29, 0.717) is 0 Å². The van der Waals surface area contributed by atoms with Crippen molar-refractivity contribution in [3.8, 4) is 0 Å². The molecule has 0 spiro atoms. The van der Waals surface area contributed by atoms with Crippen LogP contribution in [-0.4, -0.2) is 19.6 Å². The van der Waals surface area contributed by atoms with Gasteiger partial charge in [0.05, 0.1) is 10.6 Å². The van der Waals surface area contributed by atoms with E-state index >= 15 is 0 Å². The fraction of sp³-hybridized carbons (Fsp3) is 0. The molecule has 5 nitrogen and oxygen atoms in total. The Hall–Kier alpha value is -2.18. The molecule has 1 aliphatic heterocycles. The summed E-state index contributed by atoms with van der Waals surface area (Å²) in [4.78, 5) is 7.39. The molecule has 3 N–H and O–H groups in total. The third-order valence-corrected chi connectivity index (χ3v) is 3.79. The third-order valence-electron chi connectivity index (χ3n) is 2.88. The fourth-order valence-corrected chi connectivity index (χ4v) is 2.50. The molecule has 2 aromatic rings. The van der Waals surface area contributed by atoms with Crippen molar-refractivity contribution in [2.75, 3.05) is 0 Å². The minimum absolute atomic E-state index is 0.0918. The van der Waals surface area contributed by atoms with Gasteiger partial charge in [-0.3, -0.25) is 4.99 Å². The van der Waals surface area contributed by atoms with Gasteiger partial charge in [0.25, 0.3) is 0 Å². The lowest BCUT2D eigenvalue weighted by Crippen LogP contribution is -2.12. The summed E-state index contributed by atoms with van der Waals surface area (Å²) in [5, 5.41) is 5.14. The summed E-state index contributed by atoms with van der Waals surface area (Å²) >= 11 is 0. The van der Waals surface area contributed by atoms with E-state index < -0.39 is 10.0 Å². The predicted octanol–water partition coefficient (Wildman–Crippen LogP) is 1.92. The number of hydrogen-bond donors (Lipinski definition) is 2. The number of hydrogen-bond acceptors (Lipinski definition) is 3. The molecule has 0 atom stereocenters. The molecule has 0 bridgehead atoms. The van der Waals surface area contributed by atoms with Crippen molar-refractivity contribution in [3.63, 3.8) is 0 Å². The second-order valence-corrected chi connectivity index (χ2v) is 5.77. The van der Waals surface area contributed by atoms with E-state index in [9.17, 15) is 8.42 Å². The van der Waals surface area contributed by atoms with Gasteiger partial charge in [-0.05, 0) is 36.4 Å². The van der Waals surface area contributed by atoms with Crippen LogP contribution in [0.15, 0.2) is 46.4 Å². The summed E-state index contributed by atoms with van der Waals surface area (Å²) in [6.07, 6.45) is 5.43. The molecule has 1 aromatic heterocycles. The predicted molar refractivity (Wildman–Crippen MR) is 74.6 cm³/mol. The van der Waals surface area contributed by atoms with Crippen LogP contribution < -0.4 is 5.14 Å². The summed E-state index contributed by atoms with van der Waals surface area (Å²) in [5.74, 6) is 0. The second kappa shape index (κ2) is 4.18. The molecule has 0 radical (unpaired) electrons. The van der Waals surface area contributed by atoms with Crippen molar-refractivity contribution in [1.29, 1.82) is 0 Å². The molecule has 1 aliphatic rings. The number of nitrogens with one attached hydrogen (secondary N) is 1. The van der Waals surface area contributed by atoms with Crippen LogP contribution in [0.3, 0.4) is 0 Å². The average Bonchev–Trinajstić information content (AvgIpc) is 2.98. The number of fused-ring (bicyclic) bond motifs is 1. The van der Waals surface area contributed by atoms with Gasteiger partial charge >= 0.3 is 0 Å². The first-order chi connectivity index (χ1) is 9.04. The smallest absolute Gasteiger partial charge is 0.238 e. The molecular weight excluding hydrogens is 262 g/mol. The normalized spacial score (nSPS) is 15.9. The Morgan fingerprint density at radius 3 is 2.79 bits per heavy atom. The molecule has 0 saturated carbocycles. The quantitative estimate of drug-likeness (QED) is 0.875. The van der Waals surface area contributed by atoms with Crippen molar-refractivity contribution in [2.24, 2.45) is 10.1 Å². The monoisotopic (exact) mass is 273 g/mol. The topological polar surface area (TPSA) is 88.3 Å². The Balaban J connectivity index is 2.11. The molecular formula is C13H11N3O2S. The lowest BCUT2D eigenvalue weighted by atomic mass is 10.1. The van der Waals surface area contributed by atoms with Crippen LogP contribution in [0.5, 0.6) is 0 Å². The summed E-state index contributed by atoms with van der Waals surface area (Å²) in [7, 11) is -3.70. The molecule has 0 saturated heterocycles. The molecule has 0 fully saturated rings. The minimum Gasteiger partial charge on any atom is -0.362 e. The van der Waals surface area contributed by atoms with E-state index in [-0.39, 0.29) is 4.90 Å². The highest BCUT2D eigenvalue weighted by atomic mass is 32.2. The number of sulfonamides is 1. The van der Waals surface area contributed by atoms with Crippen LogP contribution in [0.2, 0.25) is 0 Å². The molecule has 3 rings (SSSR count). The van der Waals surface area contributed by atoms with E-state index in [1.165, 1.54) is 6.07 Å². The van der Waals surface area contributed by atoms with Crippen LogP contribution in [0.25, 0.3) is 11.6 Å². The van der Waals surface area contributed by atoms with E-state index in [4.69, 9.17) is 5.14 Å². The van der Waals surface area contributed by atoms with Crippen LogP contribution in [-0.2, 0) is 10.0 Å². The number of aliphatic imine (C=N–C) groups is 1. The van der Waals surface area contributed by atoms with Gasteiger partial charge in [0.1, 0.15) is 0 Å². The Morgan fingerprint density at radius 2 is 2.11 bits per heavy atom. The lowest BCUT2D eigenvalue weighted by molar-refractivity contribution is 0.598. The number of primary sulfonamides is 1. The first kappa shape index (κ1) is 11.9. The van der Waals surface area contributed by atoms with Crippen LogP contribution in [0, 0.1) is 0 Å². The Bertz CT molecular complexity index is 787. The number of benzene rings is 1. The molecule has 0 aliphatic carbocycles. The number of nitrogens with two attached hydrogens (primary N) is 1. The van der Waals surface area contributed by atoms with Crippen molar-refractivity contribution < 1.29 is 8.42 Å². The molecule has 96 valence electrons. The highest BCUT2D eigenvalue weighted by Gasteiger charge is 2.16. The summed E-state index contributed by atoms with van der Waals surface area (Å²) in [6, 6.07) is 8.47. The van der Waals surface area contributed by atoms with Crippen LogP contribution in [0.4, 0.5) is 5.69 Å². The number of H-pyrrole nitrogens is 1. The maximum absolute atomic E-state index is 11.4. The first-order valence-corrected chi connectivity index (χ1v) is 7.15. The zero-order valence-corrected chi connectivity index (χ0v) is 10.7. The number of aromatic nitrogens is 1. The number of aromatic amines is 1. The third kappa shape index (κ3) is 2.23. The van der Waals surface area contributed by atoms with Crippen molar-refractivity contribution >= 4 is 33.6 Å². The Kier molecular flexibility index (Phi) is 2.62. The fourth-order valence-electron chi connectivity index (χ4n) is 1.96. The van der Waals surface area contributed by atoms with E-state index in [0.717, 1.165) is 22.5 Å². The van der Waals surface area contributed by atoms with Gasteiger partial charge in [0.15, 0.2) is 0 Å². The lowest BCUT2D eigenvalue weighted by Gasteiger charge is -2.03. The van der Waals surface area contributed by atoms with E-state index in [2.05, 4.69) is 9.98 Å². The van der Waals surface area contributed by atoms with Gasteiger partial charge in [-0.1, -0.05) is 0 Å². The van der Waals surface area contributed by atoms with Crippen LogP contribution in [0.1, 0.15) is 11.3 Å².